The summed E-state index contributed by atoms with van der Waals surface area (Å²) in [5.41, 5.74) is 7.04. The van der Waals surface area contributed by atoms with Crippen molar-refractivity contribution in [2.45, 2.75) is 18.9 Å². The number of aryl methyl sites for hydroxylation is 2. The first kappa shape index (κ1) is 23.1. The smallest absolute Gasteiger partial charge is 0.332 e. The van der Waals surface area contributed by atoms with E-state index in [0.717, 1.165) is 10.3 Å². The molecule has 2 atom stereocenters. The van der Waals surface area contributed by atoms with Crippen molar-refractivity contribution in [1.82, 2.24) is 23.7 Å². The summed E-state index contributed by atoms with van der Waals surface area (Å²) < 4.78 is 4.07. The van der Waals surface area contributed by atoms with Crippen molar-refractivity contribution in [3.8, 4) is 0 Å². The van der Waals surface area contributed by atoms with E-state index in [1.165, 1.54) is 4.57 Å². The van der Waals surface area contributed by atoms with Crippen LogP contribution < -0.4 is 22.3 Å². The Kier molecular flexibility index (Phi) is 5.65. The lowest BCUT2D eigenvalue weighted by molar-refractivity contribution is -0.119. The summed E-state index contributed by atoms with van der Waals surface area (Å²) in [4.78, 5) is 46.6. The molecule has 12 heteroatoms. The largest absolute Gasteiger partial charge is 0.369 e. The number of carbonyl (C=O) groups excluding carboxylic acids is 1. The van der Waals surface area contributed by atoms with Crippen LogP contribution in [-0.4, -0.2) is 29.6 Å². The Hall–Kier alpha value is -3.63. The predicted molar refractivity (Wildman–Crippen MR) is 133 cm³/mol. The van der Waals surface area contributed by atoms with Crippen molar-refractivity contribution >= 4 is 51.9 Å². The van der Waals surface area contributed by atoms with Crippen molar-refractivity contribution in [2.75, 3.05) is 5.32 Å². The summed E-state index contributed by atoms with van der Waals surface area (Å²) in [6, 6.07) is 8.54. The van der Waals surface area contributed by atoms with Gasteiger partial charge < -0.3 is 15.6 Å². The molecule has 0 spiro atoms. The van der Waals surface area contributed by atoms with Gasteiger partial charge in [0, 0.05) is 43.5 Å². The lowest BCUT2D eigenvalue weighted by atomic mass is 10.2. The molecule has 180 valence electrons. The summed E-state index contributed by atoms with van der Waals surface area (Å²) in [5.74, 6) is -0.150. The number of primary amides is 1. The van der Waals surface area contributed by atoms with Crippen molar-refractivity contribution in [3.63, 3.8) is 0 Å². The van der Waals surface area contributed by atoms with E-state index in [9.17, 15) is 14.4 Å². The van der Waals surface area contributed by atoms with Crippen LogP contribution in [-0.2, 0) is 25.4 Å². The average Bonchev–Trinajstić information content (AvgIpc) is 3.57. The fourth-order valence-corrected chi connectivity index (χ4v) is 4.53. The number of aromatic nitrogens is 5. The number of halogens is 2. The van der Waals surface area contributed by atoms with Crippen molar-refractivity contribution < 1.29 is 4.79 Å². The van der Waals surface area contributed by atoms with Crippen LogP contribution in [0.15, 0.2) is 46.1 Å². The Morgan fingerprint density at radius 3 is 2.60 bits per heavy atom. The standard InChI is InChI=1S/C23H21Cl2N7O3/c1-30-18-20(29-22(30)28-12-5-6-27-17(8-12)13-9-14(13)19(26)33)31(2)23(35)32(21(18)34)10-11-3-4-15(24)16(25)7-11/h3-8,13-14H,9-10H2,1-2H3,(H2,26,33)(H,27,28,29)/t13-,14-/m0/s1. The van der Waals surface area contributed by atoms with E-state index in [4.69, 9.17) is 28.9 Å². The predicted octanol–water partition coefficient (Wildman–Crippen LogP) is 2.52. The van der Waals surface area contributed by atoms with Crippen molar-refractivity contribution in [3.05, 3.63) is 78.7 Å². The van der Waals surface area contributed by atoms with Gasteiger partial charge in [0.1, 0.15) is 0 Å². The number of amides is 1. The number of anilines is 2. The Labute approximate surface area is 208 Å². The highest BCUT2D eigenvalue weighted by Crippen LogP contribution is 2.46. The number of hydrogen-bond donors (Lipinski definition) is 2. The number of pyridine rings is 1. The second kappa shape index (κ2) is 8.54. The van der Waals surface area contributed by atoms with Gasteiger partial charge in [-0.3, -0.25) is 23.7 Å². The van der Waals surface area contributed by atoms with E-state index in [2.05, 4.69) is 15.3 Å². The number of hydrogen-bond acceptors (Lipinski definition) is 6. The first-order valence-electron chi connectivity index (χ1n) is 10.8. The Morgan fingerprint density at radius 2 is 1.91 bits per heavy atom. The first-order chi connectivity index (χ1) is 16.7. The SMILES string of the molecule is Cn1c(Nc2ccnc([C@H]3C[C@@H]3C(N)=O)c2)nc2c1c(=O)n(Cc1ccc(Cl)c(Cl)c1)c(=O)n2C. The van der Waals surface area contributed by atoms with Crippen LogP contribution in [0.2, 0.25) is 10.0 Å². The number of imidazole rings is 1. The maximum Gasteiger partial charge on any atom is 0.332 e. The molecule has 1 aliphatic carbocycles. The lowest BCUT2D eigenvalue weighted by Gasteiger charge is -2.10. The molecule has 3 aromatic heterocycles. The highest BCUT2D eigenvalue weighted by molar-refractivity contribution is 6.42. The molecule has 1 aromatic carbocycles. The molecular weight excluding hydrogens is 493 g/mol. The molecule has 0 saturated heterocycles. The molecule has 3 heterocycles. The van der Waals surface area contributed by atoms with E-state index in [-0.39, 0.29) is 35.5 Å². The summed E-state index contributed by atoms with van der Waals surface area (Å²) in [6.45, 7) is 0.0302. The quantitative estimate of drug-likeness (QED) is 0.407. The monoisotopic (exact) mass is 513 g/mol. The summed E-state index contributed by atoms with van der Waals surface area (Å²) in [7, 11) is 3.26. The molecule has 1 fully saturated rings. The topological polar surface area (TPSA) is 130 Å². The minimum absolute atomic E-state index is 0.00379. The molecule has 35 heavy (non-hydrogen) atoms. The van der Waals surface area contributed by atoms with Gasteiger partial charge in [0.05, 0.1) is 16.6 Å². The Bertz CT molecular complexity index is 1620. The first-order valence-corrected chi connectivity index (χ1v) is 11.5. The Morgan fingerprint density at radius 1 is 1.14 bits per heavy atom. The van der Waals surface area contributed by atoms with Crippen molar-refractivity contribution in [1.29, 1.82) is 0 Å². The zero-order valence-corrected chi connectivity index (χ0v) is 20.3. The van der Waals surface area contributed by atoms with E-state index in [1.807, 2.05) is 6.07 Å². The molecule has 1 aliphatic rings. The zero-order valence-electron chi connectivity index (χ0n) is 18.8. The van der Waals surface area contributed by atoms with Gasteiger partial charge in [-0.25, -0.2) is 4.79 Å². The van der Waals surface area contributed by atoms with Crippen LogP contribution >= 0.6 is 23.2 Å². The number of fused-ring (bicyclic) bond motifs is 1. The Balaban J connectivity index is 1.52. The molecule has 5 rings (SSSR count). The van der Waals surface area contributed by atoms with Gasteiger partial charge in [0.15, 0.2) is 11.2 Å². The summed E-state index contributed by atoms with van der Waals surface area (Å²) in [6.07, 6.45) is 2.31. The van der Waals surface area contributed by atoms with Gasteiger partial charge >= 0.3 is 5.69 Å². The van der Waals surface area contributed by atoms with Crippen molar-refractivity contribution in [2.24, 2.45) is 25.7 Å². The van der Waals surface area contributed by atoms with Crippen LogP contribution in [0.5, 0.6) is 0 Å². The van der Waals surface area contributed by atoms with Crippen LogP contribution in [0, 0.1) is 5.92 Å². The van der Waals surface area contributed by atoms with E-state index >= 15 is 0 Å². The third kappa shape index (κ3) is 4.08. The van der Waals surface area contributed by atoms with Crippen LogP contribution in [0.1, 0.15) is 23.6 Å². The van der Waals surface area contributed by atoms with Crippen LogP contribution in [0.25, 0.3) is 11.2 Å². The molecule has 0 unspecified atom stereocenters. The van der Waals surface area contributed by atoms with Gasteiger partial charge in [-0.15, -0.1) is 0 Å². The van der Waals surface area contributed by atoms with E-state index in [1.54, 1.807) is 49.1 Å². The lowest BCUT2D eigenvalue weighted by Crippen LogP contribution is -2.39. The van der Waals surface area contributed by atoms with Crippen LogP contribution in [0.4, 0.5) is 11.6 Å². The highest BCUT2D eigenvalue weighted by atomic mass is 35.5. The molecule has 0 radical (unpaired) electrons. The number of benzene rings is 1. The van der Waals surface area contributed by atoms with Gasteiger partial charge in [-0.05, 0) is 36.2 Å². The summed E-state index contributed by atoms with van der Waals surface area (Å²) in [5, 5.41) is 3.91. The van der Waals surface area contributed by atoms with Gasteiger partial charge in [-0.2, -0.15) is 4.98 Å². The fraction of sp³-hybridized carbons (Fsp3) is 0.261. The zero-order chi connectivity index (χ0) is 25.0. The maximum absolute atomic E-state index is 13.3. The summed E-state index contributed by atoms with van der Waals surface area (Å²) >= 11 is 12.1. The average molecular weight is 514 g/mol. The normalized spacial score (nSPS) is 17.0. The second-order valence-electron chi connectivity index (χ2n) is 8.59. The number of rotatable bonds is 6. The second-order valence-corrected chi connectivity index (χ2v) is 9.41. The van der Waals surface area contributed by atoms with E-state index in [0.29, 0.717) is 33.7 Å². The number of nitrogens with zero attached hydrogens (tertiary/aromatic N) is 5. The fourth-order valence-electron chi connectivity index (χ4n) is 4.21. The molecule has 1 saturated carbocycles. The molecule has 10 nitrogen and oxygen atoms in total. The van der Waals surface area contributed by atoms with Gasteiger partial charge in [0.25, 0.3) is 5.56 Å². The minimum atomic E-state index is -0.504. The molecular formula is C23H21Cl2N7O3. The molecule has 1 amide bonds. The molecule has 0 bridgehead atoms. The van der Waals surface area contributed by atoms with Crippen LogP contribution in [0.3, 0.4) is 0 Å². The van der Waals surface area contributed by atoms with Gasteiger partial charge in [-0.1, -0.05) is 29.3 Å². The van der Waals surface area contributed by atoms with E-state index < -0.39 is 11.2 Å². The maximum atomic E-state index is 13.3. The molecule has 0 aliphatic heterocycles. The number of nitrogens with two attached hydrogens (primary N) is 1. The highest BCUT2D eigenvalue weighted by Gasteiger charge is 2.43. The minimum Gasteiger partial charge on any atom is -0.369 e. The molecule has 4 aromatic rings. The third-order valence-electron chi connectivity index (χ3n) is 6.26. The number of carbonyl (C=O) groups is 1. The van der Waals surface area contributed by atoms with Gasteiger partial charge in [0.2, 0.25) is 11.9 Å². The molecule has 3 N–H and O–H groups in total. The third-order valence-corrected chi connectivity index (χ3v) is 7.00. The number of nitrogens with one attached hydrogen (secondary N) is 1.